The van der Waals surface area contributed by atoms with Crippen molar-refractivity contribution in [1.29, 1.82) is 0 Å². The van der Waals surface area contributed by atoms with Crippen molar-refractivity contribution in [1.82, 2.24) is 9.80 Å². The number of hydrogen-bond acceptors (Lipinski definition) is 3. The minimum absolute atomic E-state index is 0.133. The fourth-order valence-electron chi connectivity index (χ4n) is 4.51. The molecular weight excluding hydrogens is 380 g/mol. The van der Waals surface area contributed by atoms with Gasteiger partial charge in [-0.25, -0.2) is 0 Å². The number of rotatable bonds is 5. The summed E-state index contributed by atoms with van der Waals surface area (Å²) in [7, 11) is 1.65. The molecule has 3 rings (SSSR count). The molecule has 6 heteroatoms. The van der Waals surface area contributed by atoms with E-state index in [1.165, 1.54) is 9.80 Å². The average Bonchev–Trinajstić information content (AvgIpc) is 2.90. The van der Waals surface area contributed by atoms with E-state index in [4.69, 9.17) is 0 Å². The molecule has 158 valence electrons. The summed E-state index contributed by atoms with van der Waals surface area (Å²) in [5.41, 5.74) is -0.753. The summed E-state index contributed by atoms with van der Waals surface area (Å²) in [5, 5.41) is 9.77. The van der Waals surface area contributed by atoms with Crippen LogP contribution in [0.1, 0.15) is 43.1 Å². The van der Waals surface area contributed by atoms with E-state index in [0.717, 1.165) is 5.56 Å². The first-order valence-electron chi connectivity index (χ1n) is 9.99. The van der Waals surface area contributed by atoms with Crippen LogP contribution in [0, 0.1) is 5.41 Å². The van der Waals surface area contributed by atoms with Crippen LogP contribution in [0.15, 0.2) is 60.7 Å². The van der Waals surface area contributed by atoms with Gasteiger partial charge in [0, 0.05) is 24.4 Å². The van der Waals surface area contributed by atoms with Gasteiger partial charge in [0.05, 0.1) is 6.42 Å². The van der Waals surface area contributed by atoms with Gasteiger partial charge in [0.1, 0.15) is 11.7 Å². The number of benzene rings is 2. The molecule has 2 amide bonds. The van der Waals surface area contributed by atoms with Gasteiger partial charge in [0.25, 0.3) is 11.8 Å². The predicted octanol–water partition coefficient (Wildman–Crippen LogP) is 3.43. The zero-order valence-corrected chi connectivity index (χ0v) is 17.8. The Morgan fingerprint density at radius 2 is 1.53 bits per heavy atom. The number of amides is 2. The zero-order chi connectivity index (χ0) is 22.1. The lowest BCUT2D eigenvalue weighted by Crippen LogP contribution is -2.58. The zero-order valence-electron chi connectivity index (χ0n) is 17.8. The lowest BCUT2D eigenvalue weighted by Gasteiger charge is -2.42. The molecule has 1 fully saturated rings. The van der Waals surface area contributed by atoms with Crippen molar-refractivity contribution in [3.63, 3.8) is 0 Å². The van der Waals surface area contributed by atoms with Gasteiger partial charge in [0.2, 0.25) is 0 Å². The van der Waals surface area contributed by atoms with Crippen molar-refractivity contribution in [3.05, 3.63) is 71.8 Å². The molecule has 0 radical (unpaired) electrons. The van der Waals surface area contributed by atoms with Crippen LogP contribution in [-0.4, -0.2) is 51.4 Å². The summed E-state index contributed by atoms with van der Waals surface area (Å²) in [5.74, 6) is -1.81. The Bertz CT molecular complexity index is 937. The highest BCUT2D eigenvalue weighted by Gasteiger charge is 2.61. The fourth-order valence-corrected chi connectivity index (χ4v) is 4.51. The van der Waals surface area contributed by atoms with Crippen LogP contribution in [0.2, 0.25) is 0 Å². The molecular formula is C24H28N2O4. The Labute approximate surface area is 177 Å². The van der Waals surface area contributed by atoms with Gasteiger partial charge < -0.3 is 14.9 Å². The van der Waals surface area contributed by atoms with E-state index in [-0.39, 0.29) is 18.2 Å². The summed E-state index contributed by atoms with van der Waals surface area (Å²) in [6.45, 7) is 5.85. The SMILES string of the molecule is CN1C(=O)C(CC(=O)O)(Cc2ccccc2)N(C(=O)c2ccccc2)C1C(C)(C)C. The van der Waals surface area contributed by atoms with Crippen molar-refractivity contribution in [2.24, 2.45) is 5.41 Å². The van der Waals surface area contributed by atoms with Crippen molar-refractivity contribution in [2.45, 2.75) is 45.3 Å². The molecule has 6 nitrogen and oxygen atoms in total. The van der Waals surface area contributed by atoms with Crippen LogP contribution < -0.4 is 0 Å². The summed E-state index contributed by atoms with van der Waals surface area (Å²) in [6, 6.07) is 18.0. The summed E-state index contributed by atoms with van der Waals surface area (Å²) < 4.78 is 0. The molecule has 1 aliphatic rings. The molecule has 0 aromatic heterocycles. The number of carboxylic acid groups (broad SMARTS) is 1. The number of aliphatic carboxylic acids is 1. The lowest BCUT2D eigenvalue weighted by molar-refractivity contribution is -0.144. The molecule has 2 atom stereocenters. The highest BCUT2D eigenvalue weighted by molar-refractivity contribution is 6.03. The van der Waals surface area contributed by atoms with Gasteiger partial charge in [-0.05, 0) is 17.7 Å². The second kappa shape index (κ2) is 7.94. The Hall–Kier alpha value is -3.15. The van der Waals surface area contributed by atoms with Gasteiger partial charge in [-0.3, -0.25) is 14.4 Å². The molecule has 0 bridgehead atoms. The van der Waals surface area contributed by atoms with E-state index < -0.39 is 29.5 Å². The van der Waals surface area contributed by atoms with Crippen LogP contribution in [0.3, 0.4) is 0 Å². The number of nitrogens with zero attached hydrogens (tertiary/aromatic N) is 2. The minimum atomic E-state index is -1.51. The number of likely N-dealkylation sites (N-methyl/N-ethyl adjacent to an activating group) is 1. The number of hydrogen-bond donors (Lipinski definition) is 1. The van der Waals surface area contributed by atoms with E-state index in [1.807, 2.05) is 57.2 Å². The maximum Gasteiger partial charge on any atom is 0.306 e. The maximum absolute atomic E-state index is 13.7. The van der Waals surface area contributed by atoms with E-state index in [2.05, 4.69) is 0 Å². The Morgan fingerprint density at radius 3 is 2.03 bits per heavy atom. The normalized spacial score (nSPS) is 21.7. The average molecular weight is 408 g/mol. The molecule has 1 N–H and O–H groups in total. The number of carboxylic acids is 1. The van der Waals surface area contributed by atoms with Crippen molar-refractivity contribution in [2.75, 3.05) is 7.05 Å². The van der Waals surface area contributed by atoms with E-state index in [1.54, 1.807) is 31.3 Å². The summed E-state index contributed by atoms with van der Waals surface area (Å²) in [6.07, 6.45) is -0.911. The van der Waals surface area contributed by atoms with Crippen molar-refractivity contribution >= 4 is 17.8 Å². The summed E-state index contributed by atoms with van der Waals surface area (Å²) in [4.78, 5) is 42.4. The van der Waals surface area contributed by atoms with E-state index >= 15 is 0 Å². The monoisotopic (exact) mass is 408 g/mol. The van der Waals surface area contributed by atoms with Crippen LogP contribution in [-0.2, 0) is 16.0 Å². The largest absolute Gasteiger partial charge is 0.481 e. The molecule has 1 aliphatic heterocycles. The molecule has 2 aromatic carbocycles. The Kier molecular flexibility index (Phi) is 5.70. The molecule has 0 spiro atoms. The first kappa shape index (κ1) is 21.6. The van der Waals surface area contributed by atoms with Crippen LogP contribution in [0.25, 0.3) is 0 Å². The van der Waals surface area contributed by atoms with Gasteiger partial charge >= 0.3 is 5.97 Å². The molecule has 2 unspecified atom stereocenters. The Morgan fingerprint density at radius 1 is 1.00 bits per heavy atom. The smallest absolute Gasteiger partial charge is 0.306 e. The van der Waals surface area contributed by atoms with Gasteiger partial charge in [-0.15, -0.1) is 0 Å². The molecule has 0 aliphatic carbocycles. The number of carbonyl (C=O) groups is 3. The van der Waals surface area contributed by atoms with E-state index in [0.29, 0.717) is 5.56 Å². The maximum atomic E-state index is 13.7. The molecule has 30 heavy (non-hydrogen) atoms. The molecule has 0 saturated carbocycles. The van der Waals surface area contributed by atoms with Crippen LogP contribution >= 0.6 is 0 Å². The topological polar surface area (TPSA) is 77.9 Å². The quantitative estimate of drug-likeness (QED) is 0.822. The molecule has 2 aromatic rings. The minimum Gasteiger partial charge on any atom is -0.481 e. The first-order chi connectivity index (χ1) is 14.1. The number of carbonyl (C=O) groups excluding carboxylic acids is 2. The van der Waals surface area contributed by atoms with Gasteiger partial charge in [0.15, 0.2) is 0 Å². The third-order valence-corrected chi connectivity index (χ3v) is 5.59. The third-order valence-electron chi connectivity index (χ3n) is 5.59. The molecule has 1 saturated heterocycles. The third kappa shape index (κ3) is 3.82. The van der Waals surface area contributed by atoms with E-state index in [9.17, 15) is 19.5 Å². The second-order valence-corrected chi connectivity index (χ2v) is 8.96. The fraction of sp³-hybridized carbons (Fsp3) is 0.375. The Balaban J connectivity index is 2.22. The van der Waals surface area contributed by atoms with Crippen molar-refractivity contribution < 1.29 is 19.5 Å². The van der Waals surface area contributed by atoms with Crippen LogP contribution in [0.5, 0.6) is 0 Å². The highest BCUT2D eigenvalue weighted by atomic mass is 16.4. The van der Waals surface area contributed by atoms with Gasteiger partial charge in [-0.2, -0.15) is 0 Å². The summed E-state index contributed by atoms with van der Waals surface area (Å²) >= 11 is 0. The highest BCUT2D eigenvalue weighted by Crippen LogP contribution is 2.43. The second-order valence-electron chi connectivity index (χ2n) is 8.96. The predicted molar refractivity (Wildman–Crippen MR) is 114 cm³/mol. The van der Waals surface area contributed by atoms with Gasteiger partial charge in [-0.1, -0.05) is 69.3 Å². The first-order valence-corrected chi connectivity index (χ1v) is 9.99. The standard InChI is InChI=1S/C24H28N2O4/c1-23(2,3)21-25(4)22(30)24(16-19(27)28,15-17-11-7-5-8-12-17)26(21)20(29)18-13-9-6-10-14-18/h5-14,21H,15-16H2,1-4H3,(H,27,28). The molecule has 1 heterocycles. The lowest BCUT2D eigenvalue weighted by atomic mass is 9.83. The van der Waals surface area contributed by atoms with Crippen molar-refractivity contribution in [3.8, 4) is 0 Å². The van der Waals surface area contributed by atoms with Crippen LogP contribution in [0.4, 0.5) is 0 Å².